The smallest absolute Gasteiger partial charge is 0.395 e. The fourth-order valence-corrected chi connectivity index (χ4v) is 2.00. The van der Waals surface area contributed by atoms with Gasteiger partial charge < -0.3 is 24.7 Å². The highest BCUT2D eigenvalue weighted by Gasteiger charge is 2.21. The molecule has 1 aromatic heterocycles. The number of aliphatic carboxylic acids is 1. The number of aromatic amines is 1. The SMILES string of the molecule is COc1cccc(/C=C/c2nc(O)c([N+](=O)[O-])c(=O)[nH]2)c1OCC(=O)O. The first-order chi connectivity index (χ1) is 12.3. The maximum atomic E-state index is 11.6. The summed E-state index contributed by atoms with van der Waals surface area (Å²) in [5.41, 5.74) is -1.78. The number of nitrogens with zero attached hydrogens (tertiary/aromatic N) is 2. The molecule has 0 bridgehead atoms. The molecule has 0 spiro atoms. The Bertz CT molecular complexity index is 935. The lowest BCUT2D eigenvalue weighted by Gasteiger charge is -2.11. The van der Waals surface area contributed by atoms with Gasteiger partial charge in [-0.2, -0.15) is 4.98 Å². The second-order valence-corrected chi connectivity index (χ2v) is 4.77. The molecule has 3 N–H and O–H groups in total. The molecule has 0 aliphatic heterocycles. The number of benzene rings is 1. The van der Waals surface area contributed by atoms with Crippen LogP contribution in [0.15, 0.2) is 23.0 Å². The quantitative estimate of drug-likeness (QED) is 0.481. The van der Waals surface area contributed by atoms with Crippen molar-refractivity contribution in [2.75, 3.05) is 13.7 Å². The van der Waals surface area contributed by atoms with Crippen molar-refractivity contribution >= 4 is 23.8 Å². The van der Waals surface area contributed by atoms with Gasteiger partial charge in [-0.25, -0.2) is 4.79 Å². The van der Waals surface area contributed by atoms with Gasteiger partial charge in [0.2, 0.25) is 0 Å². The van der Waals surface area contributed by atoms with Gasteiger partial charge in [0.05, 0.1) is 12.0 Å². The van der Waals surface area contributed by atoms with Crippen molar-refractivity contribution in [3.8, 4) is 17.4 Å². The standard InChI is InChI=1S/C15H13N3O8/c1-25-9-4-2-3-8(13(9)26-7-11(19)20)5-6-10-16-14(21)12(18(23)24)15(22)17-10/h2-6H,7H2,1H3,(H,19,20)(H2,16,17,21,22)/b6-5+. The van der Waals surface area contributed by atoms with Gasteiger partial charge in [0, 0.05) is 5.56 Å². The molecular formula is C15H13N3O8. The Morgan fingerprint density at radius 1 is 1.42 bits per heavy atom. The third-order valence-electron chi connectivity index (χ3n) is 3.07. The van der Waals surface area contributed by atoms with Crippen molar-refractivity contribution < 1.29 is 29.4 Å². The third kappa shape index (κ3) is 4.14. The summed E-state index contributed by atoms with van der Waals surface area (Å²) in [5.74, 6) is -1.93. The summed E-state index contributed by atoms with van der Waals surface area (Å²) >= 11 is 0. The fraction of sp³-hybridized carbons (Fsp3) is 0.133. The zero-order chi connectivity index (χ0) is 19.3. The molecule has 136 valence electrons. The highest BCUT2D eigenvalue weighted by Crippen LogP contribution is 2.32. The van der Waals surface area contributed by atoms with Crippen LogP contribution in [0, 0.1) is 10.1 Å². The van der Waals surface area contributed by atoms with E-state index in [-0.39, 0.29) is 17.3 Å². The highest BCUT2D eigenvalue weighted by molar-refractivity contribution is 5.74. The molecule has 0 unspecified atom stereocenters. The van der Waals surface area contributed by atoms with Crippen molar-refractivity contribution in [3.05, 3.63) is 50.1 Å². The maximum Gasteiger partial charge on any atom is 0.395 e. The van der Waals surface area contributed by atoms with Crippen molar-refractivity contribution in [2.45, 2.75) is 0 Å². The van der Waals surface area contributed by atoms with Crippen LogP contribution >= 0.6 is 0 Å². The summed E-state index contributed by atoms with van der Waals surface area (Å²) in [7, 11) is 1.38. The molecule has 0 aliphatic carbocycles. The molecule has 0 amide bonds. The summed E-state index contributed by atoms with van der Waals surface area (Å²) in [6, 6.07) is 4.77. The van der Waals surface area contributed by atoms with E-state index in [2.05, 4.69) is 9.97 Å². The number of methoxy groups -OCH3 is 1. The first kappa shape index (κ1) is 18.4. The minimum atomic E-state index is -1.18. The van der Waals surface area contributed by atoms with Crippen LogP contribution in [-0.2, 0) is 4.79 Å². The number of ether oxygens (including phenoxy) is 2. The minimum absolute atomic E-state index is 0.141. The van der Waals surface area contributed by atoms with Crippen LogP contribution < -0.4 is 15.0 Å². The Balaban J connectivity index is 2.40. The van der Waals surface area contributed by atoms with Gasteiger partial charge >= 0.3 is 17.2 Å². The number of rotatable bonds is 7. The Morgan fingerprint density at radius 3 is 2.73 bits per heavy atom. The molecule has 0 radical (unpaired) electrons. The molecule has 2 aromatic rings. The lowest BCUT2D eigenvalue weighted by molar-refractivity contribution is -0.387. The fourth-order valence-electron chi connectivity index (χ4n) is 2.00. The molecular weight excluding hydrogens is 350 g/mol. The first-order valence-electron chi connectivity index (χ1n) is 7.00. The van der Waals surface area contributed by atoms with E-state index in [0.29, 0.717) is 5.56 Å². The first-order valence-corrected chi connectivity index (χ1v) is 7.00. The van der Waals surface area contributed by atoms with E-state index in [1.165, 1.54) is 19.3 Å². The van der Waals surface area contributed by atoms with Crippen molar-refractivity contribution in [3.63, 3.8) is 0 Å². The van der Waals surface area contributed by atoms with E-state index < -0.39 is 34.6 Å². The lowest BCUT2D eigenvalue weighted by atomic mass is 10.1. The average Bonchev–Trinajstić information content (AvgIpc) is 2.57. The molecule has 0 saturated heterocycles. The van der Waals surface area contributed by atoms with Crippen LogP contribution in [-0.4, -0.2) is 44.8 Å². The van der Waals surface area contributed by atoms with E-state index in [1.54, 1.807) is 18.2 Å². The number of nitro groups is 1. The molecule has 1 heterocycles. The number of para-hydroxylation sites is 1. The number of aromatic hydroxyl groups is 1. The number of hydrogen-bond donors (Lipinski definition) is 3. The number of carbonyl (C=O) groups is 1. The van der Waals surface area contributed by atoms with E-state index in [0.717, 1.165) is 0 Å². The number of hydrogen-bond acceptors (Lipinski definition) is 8. The molecule has 0 fully saturated rings. The van der Waals surface area contributed by atoms with Gasteiger partial charge in [0.15, 0.2) is 18.1 Å². The molecule has 0 saturated carbocycles. The number of carboxylic acid groups (broad SMARTS) is 1. The van der Waals surface area contributed by atoms with Crippen molar-refractivity contribution in [1.29, 1.82) is 0 Å². The van der Waals surface area contributed by atoms with Gasteiger partial charge in [-0.15, -0.1) is 0 Å². The Morgan fingerprint density at radius 2 is 2.15 bits per heavy atom. The van der Waals surface area contributed by atoms with E-state index in [4.69, 9.17) is 14.6 Å². The van der Waals surface area contributed by atoms with Gasteiger partial charge in [0.25, 0.3) is 5.88 Å². The Labute approximate surface area is 145 Å². The Hall–Kier alpha value is -3.89. The zero-order valence-corrected chi connectivity index (χ0v) is 13.3. The summed E-state index contributed by atoms with van der Waals surface area (Å²) in [5, 5.41) is 28.9. The summed E-state index contributed by atoms with van der Waals surface area (Å²) < 4.78 is 10.3. The van der Waals surface area contributed by atoms with Gasteiger partial charge in [-0.05, 0) is 18.2 Å². The predicted molar refractivity (Wildman–Crippen MR) is 88.2 cm³/mol. The summed E-state index contributed by atoms with van der Waals surface area (Å²) in [6.45, 7) is -0.603. The third-order valence-corrected chi connectivity index (χ3v) is 3.07. The molecule has 1 aromatic carbocycles. The number of aromatic nitrogens is 2. The lowest BCUT2D eigenvalue weighted by Crippen LogP contribution is -2.14. The van der Waals surface area contributed by atoms with E-state index >= 15 is 0 Å². The average molecular weight is 363 g/mol. The van der Waals surface area contributed by atoms with Gasteiger partial charge in [-0.1, -0.05) is 12.1 Å². The highest BCUT2D eigenvalue weighted by atomic mass is 16.6. The van der Waals surface area contributed by atoms with Crippen LogP contribution in [0.2, 0.25) is 0 Å². The van der Waals surface area contributed by atoms with Crippen molar-refractivity contribution in [1.82, 2.24) is 9.97 Å². The molecule has 11 nitrogen and oxygen atoms in total. The van der Waals surface area contributed by atoms with Crippen LogP contribution in [0.5, 0.6) is 17.4 Å². The van der Waals surface area contributed by atoms with E-state index in [9.17, 15) is 24.8 Å². The van der Waals surface area contributed by atoms with Crippen molar-refractivity contribution in [2.24, 2.45) is 0 Å². The predicted octanol–water partition coefficient (Wildman–Crippen LogP) is 1.03. The molecule has 0 atom stereocenters. The maximum absolute atomic E-state index is 11.6. The number of carboxylic acids is 1. The summed E-state index contributed by atoms with van der Waals surface area (Å²) in [4.78, 5) is 37.6. The topological polar surface area (TPSA) is 165 Å². The monoisotopic (exact) mass is 363 g/mol. The van der Waals surface area contributed by atoms with Crippen LogP contribution in [0.4, 0.5) is 5.69 Å². The van der Waals surface area contributed by atoms with Crippen LogP contribution in [0.25, 0.3) is 12.2 Å². The van der Waals surface area contributed by atoms with E-state index in [1.807, 2.05) is 0 Å². The largest absolute Gasteiger partial charge is 0.493 e. The zero-order valence-electron chi connectivity index (χ0n) is 13.3. The second kappa shape index (κ2) is 7.79. The normalized spacial score (nSPS) is 10.7. The molecule has 2 rings (SSSR count). The Kier molecular flexibility index (Phi) is 5.53. The van der Waals surface area contributed by atoms with Crippen LogP contribution in [0.3, 0.4) is 0 Å². The minimum Gasteiger partial charge on any atom is -0.493 e. The summed E-state index contributed by atoms with van der Waals surface area (Å²) in [6.07, 6.45) is 2.66. The number of nitrogens with one attached hydrogen (secondary N) is 1. The molecule has 0 aliphatic rings. The van der Waals surface area contributed by atoms with Gasteiger partial charge in [-0.3, -0.25) is 14.9 Å². The number of H-pyrrole nitrogens is 1. The molecule has 11 heteroatoms. The second-order valence-electron chi connectivity index (χ2n) is 4.77. The van der Waals surface area contributed by atoms with Gasteiger partial charge in [0.1, 0.15) is 5.82 Å². The molecule has 26 heavy (non-hydrogen) atoms. The van der Waals surface area contributed by atoms with Crippen LogP contribution in [0.1, 0.15) is 11.4 Å².